The van der Waals surface area contributed by atoms with E-state index in [0.29, 0.717) is 23.8 Å². The van der Waals surface area contributed by atoms with Gasteiger partial charge in [-0.05, 0) is 66.4 Å². The van der Waals surface area contributed by atoms with Gasteiger partial charge in [0.1, 0.15) is 11.5 Å². The Hall–Kier alpha value is -5.12. The molecule has 9 atom stereocenters. The molecule has 0 saturated carbocycles. The van der Waals surface area contributed by atoms with E-state index in [1.165, 1.54) is 44.4 Å². The van der Waals surface area contributed by atoms with Gasteiger partial charge in [0.05, 0.1) is 18.2 Å². The fourth-order valence-electron chi connectivity index (χ4n) is 11.1. The second-order valence-corrected chi connectivity index (χ2v) is 16.0. The fraction of sp³-hybridized carbons (Fsp3) is 0.280. The molecule has 53 heavy (non-hydrogen) atoms. The first-order valence-electron chi connectivity index (χ1n) is 19.9. The van der Waals surface area contributed by atoms with Crippen molar-refractivity contribution < 1.29 is 9.47 Å². The number of benzene rings is 2. The normalized spacial score (nSPS) is 33.1. The second kappa shape index (κ2) is 12.8. The Labute approximate surface area is 312 Å². The van der Waals surface area contributed by atoms with Crippen molar-refractivity contribution in [2.24, 2.45) is 23.7 Å². The highest BCUT2D eigenvalue weighted by Gasteiger charge is 2.52. The number of aromatic nitrogens is 1. The van der Waals surface area contributed by atoms with E-state index in [-0.39, 0.29) is 30.0 Å². The molecule has 1 aromatic heterocycles. The molecule has 0 N–H and O–H groups in total. The molecule has 0 spiro atoms. The Bertz CT molecular complexity index is 2340. The molecule has 3 nitrogen and oxygen atoms in total. The van der Waals surface area contributed by atoms with Gasteiger partial charge < -0.3 is 14.0 Å². The maximum Gasteiger partial charge on any atom is 0.130 e. The highest BCUT2D eigenvalue weighted by atomic mass is 16.5. The minimum Gasteiger partial charge on any atom is -0.461 e. The van der Waals surface area contributed by atoms with Crippen molar-refractivity contribution in [1.29, 1.82) is 0 Å². The maximum absolute atomic E-state index is 7.06. The lowest BCUT2D eigenvalue weighted by Crippen LogP contribution is -2.50. The Morgan fingerprint density at radius 1 is 0.717 bits per heavy atom. The summed E-state index contributed by atoms with van der Waals surface area (Å²) in [5, 5.41) is 1.36. The van der Waals surface area contributed by atoms with E-state index in [9.17, 15) is 0 Å². The van der Waals surface area contributed by atoms with Crippen molar-refractivity contribution in [3.8, 4) is 5.75 Å². The number of hydrogen-bond acceptors (Lipinski definition) is 2. The van der Waals surface area contributed by atoms with Gasteiger partial charge in [-0.1, -0.05) is 146 Å². The van der Waals surface area contributed by atoms with Gasteiger partial charge in [-0.15, -0.1) is 0 Å². The number of ether oxygens (including phenoxy) is 2. The van der Waals surface area contributed by atoms with Crippen LogP contribution < -0.4 is 4.74 Å². The molecular weight excluding hydrogens is 647 g/mol. The summed E-state index contributed by atoms with van der Waals surface area (Å²) in [6, 6.07) is 18.2. The van der Waals surface area contributed by atoms with Crippen LogP contribution in [0, 0.1) is 23.7 Å². The van der Waals surface area contributed by atoms with Crippen LogP contribution in [0.1, 0.15) is 66.8 Å². The van der Waals surface area contributed by atoms with E-state index in [0.717, 1.165) is 43.6 Å². The van der Waals surface area contributed by atoms with E-state index in [2.05, 4.69) is 162 Å². The smallest absolute Gasteiger partial charge is 0.130 e. The summed E-state index contributed by atoms with van der Waals surface area (Å²) in [6.45, 7) is 0. The zero-order chi connectivity index (χ0) is 34.9. The highest BCUT2D eigenvalue weighted by Crippen LogP contribution is 2.58. The average Bonchev–Trinajstić information content (AvgIpc) is 3.57. The predicted molar refractivity (Wildman–Crippen MR) is 215 cm³/mol. The van der Waals surface area contributed by atoms with Crippen LogP contribution in [0.15, 0.2) is 174 Å². The van der Waals surface area contributed by atoms with Crippen LogP contribution in [-0.4, -0.2) is 16.8 Å². The maximum atomic E-state index is 7.06. The van der Waals surface area contributed by atoms with Gasteiger partial charge in [-0.25, -0.2) is 0 Å². The van der Waals surface area contributed by atoms with Crippen LogP contribution in [0.3, 0.4) is 0 Å². The Balaban J connectivity index is 1.02. The second-order valence-electron chi connectivity index (χ2n) is 16.0. The van der Waals surface area contributed by atoms with Gasteiger partial charge in [0.2, 0.25) is 0 Å². The molecule has 2 aliphatic heterocycles. The largest absolute Gasteiger partial charge is 0.461 e. The lowest BCUT2D eigenvalue weighted by Gasteiger charge is -2.52. The van der Waals surface area contributed by atoms with Crippen molar-refractivity contribution in [1.82, 2.24) is 4.57 Å². The molecular formula is C50H45NO2. The summed E-state index contributed by atoms with van der Waals surface area (Å²) in [5.41, 5.74) is 9.82. The van der Waals surface area contributed by atoms with Crippen molar-refractivity contribution >= 4 is 17.0 Å². The van der Waals surface area contributed by atoms with Crippen molar-refractivity contribution in [2.75, 3.05) is 0 Å². The molecule has 0 amide bonds. The molecule has 3 aromatic rings. The van der Waals surface area contributed by atoms with Gasteiger partial charge in [-0.3, -0.25) is 0 Å². The minimum absolute atomic E-state index is 0.0293. The third-order valence-corrected chi connectivity index (χ3v) is 13.3. The molecule has 1 saturated heterocycles. The zero-order valence-corrected chi connectivity index (χ0v) is 30.0. The summed E-state index contributed by atoms with van der Waals surface area (Å²) in [6.07, 6.45) is 47.2. The number of hydrogen-bond donors (Lipinski definition) is 0. The third-order valence-electron chi connectivity index (χ3n) is 13.3. The Morgan fingerprint density at radius 3 is 2.53 bits per heavy atom. The first-order valence-corrected chi connectivity index (χ1v) is 19.9. The van der Waals surface area contributed by atoms with E-state index in [1.54, 1.807) is 0 Å². The lowest BCUT2D eigenvalue weighted by atomic mass is 9.58. The molecule has 0 bridgehead atoms. The SMILES string of the molecule is C1=CCCC(C2=CC=CC3OC4C=CC=CC4C(C4C5=C(CC(C6CC=Cc7c6n(C6C=CC=CC6)c6ccccc76)C=C5)Oc5ccccc54)C23)=C1. The number of fused-ring (bicyclic) bond motifs is 6. The number of para-hydroxylation sites is 2. The van der Waals surface area contributed by atoms with Gasteiger partial charge in [-0.2, -0.15) is 0 Å². The molecule has 3 heterocycles. The quantitative estimate of drug-likeness (QED) is 0.272. The fourth-order valence-corrected chi connectivity index (χ4v) is 11.1. The first-order chi connectivity index (χ1) is 26.3. The van der Waals surface area contributed by atoms with Gasteiger partial charge in [0, 0.05) is 57.8 Å². The van der Waals surface area contributed by atoms with Crippen LogP contribution in [0.5, 0.6) is 5.75 Å². The van der Waals surface area contributed by atoms with Crippen LogP contribution in [0.2, 0.25) is 0 Å². The standard InChI is InChI=1S/C50H45NO2/c1-3-15-32(16-4-1)35-22-14-28-45-48(35)49(40-21-9-12-27-44(40)52-45)47-39-20-8-11-26-43(39)53-46-31-33(29-30-41(46)47)36-23-13-24-38-37-19-7-10-25-42(37)51(50(36)38)34-17-5-2-6-18-34/h1-3,5-15,17,19-22,24-30,33-34,36,40,44-45,47-49H,4,16,18,23,31H2. The van der Waals surface area contributed by atoms with Crippen LogP contribution in [0.25, 0.3) is 17.0 Å². The van der Waals surface area contributed by atoms with E-state index in [1.807, 2.05) is 0 Å². The molecule has 0 radical (unpaired) electrons. The van der Waals surface area contributed by atoms with Crippen molar-refractivity contribution in [2.45, 2.75) is 62.2 Å². The molecule has 2 aromatic carbocycles. The summed E-state index contributed by atoms with van der Waals surface area (Å²) >= 11 is 0. The predicted octanol–water partition coefficient (Wildman–Crippen LogP) is 11.7. The molecule has 11 rings (SSSR count). The summed E-state index contributed by atoms with van der Waals surface area (Å²) in [7, 11) is 0. The zero-order valence-electron chi connectivity index (χ0n) is 30.0. The van der Waals surface area contributed by atoms with Crippen molar-refractivity contribution in [3.05, 3.63) is 191 Å². The van der Waals surface area contributed by atoms with E-state index < -0.39 is 0 Å². The van der Waals surface area contributed by atoms with Crippen LogP contribution in [0.4, 0.5) is 0 Å². The molecule has 6 aliphatic carbocycles. The topological polar surface area (TPSA) is 23.4 Å². The van der Waals surface area contributed by atoms with Crippen LogP contribution in [-0.2, 0) is 4.74 Å². The first kappa shape index (κ1) is 31.4. The minimum atomic E-state index is 0.0293. The summed E-state index contributed by atoms with van der Waals surface area (Å²) in [4.78, 5) is 0. The van der Waals surface area contributed by atoms with Crippen molar-refractivity contribution in [3.63, 3.8) is 0 Å². The summed E-state index contributed by atoms with van der Waals surface area (Å²) in [5.74, 6) is 3.86. The van der Waals surface area contributed by atoms with Gasteiger partial charge in [0.15, 0.2) is 0 Å². The molecule has 262 valence electrons. The number of allylic oxidation sites excluding steroid dienone is 17. The Morgan fingerprint density at radius 2 is 1.60 bits per heavy atom. The molecule has 3 heteroatoms. The lowest BCUT2D eigenvalue weighted by molar-refractivity contribution is -0.0860. The third kappa shape index (κ3) is 5.04. The van der Waals surface area contributed by atoms with Crippen LogP contribution >= 0.6 is 0 Å². The average molecular weight is 692 g/mol. The monoisotopic (exact) mass is 691 g/mol. The Kier molecular flexibility index (Phi) is 7.57. The van der Waals surface area contributed by atoms with Gasteiger partial charge in [0.25, 0.3) is 0 Å². The number of rotatable bonds is 4. The molecule has 1 fully saturated rings. The highest BCUT2D eigenvalue weighted by molar-refractivity contribution is 5.92. The molecule has 8 aliphatic rings. The molecule has 9 unspecified atom stereocenters. The summed E-state index contributed by atoms with van der Waals surface area (Å²) < 4.78 is 16.7. The van der Waals surface area contributed by atoms with Gasteiger partial charge >= 0.3 is 0 Å². The number of nitrogens with zero attached hydrogens (tertiary/aromatic N) is 1. The van der Waals surface area contributed by atoms with E-state index >= 15 is 0 Å². The van der Waals surface area contributed by atoms with E-state index in [4.69, 9.17) is 9.47 Å².